The number of nitrogens with one attached hydrogen (secondary N) is 1. The molecule has 0 atom stereocenters. The Hall–Kier alpha value is -4.41. The van der Waals surface area contributed by atoms with Gasteiger partial charge < -0.3 is 19.5 Å². The predicted octanol–water partition coefficient (Wildman–Crippen LogP) is 6.42. The summed E-state index contributed by atoms with van der Waals surface area (Å²) in [5, 5.41) is 15.8. The highest BCUT2D eigenvalue weighted by Gasteiger charge is 2.25. The average Bonchev–Trinajstić information content (AvgIpc) is 3.54. The number of nitrogens with zero attached hydrogens (tertiary/aromatic N) is 3. The van der Waals surface area contributed by atoms with Crippen LogP contribution in [-0.2, 0) is 0 Å². The van der Waals surface area contributed by atoms with Gasteiger partial charge in [0.2, 0.25) is 0 Å². The van der Waals surface area contributed by atoms with E-state index in [9.17, 15) is 19.7 Å². The van der Waals surface area contributed by atoms with E-state index in [1.807, 2.05) is 36.4 Å². The first-order valence-electron chi connectivity index (χ1n) is 12.2. The van der Waals surface area contributed by atoms with Crippen molar-refractivity contribution in [2.45, 2.75) is 0 Å². The quantitative estimate of drug-likeness (QED) is 0.196. The van der Waals surface area contributed by atoms with Gasteiger partial charge in [0.1, 0.15) is 15.2 Å². The fraction of sp³-hybridized carbons (Fsp3) is 0.143. The first kappa shape index (κ1) is 24.9. The van der Waals surface area contributed by atoms with Gasteiger partial charge in [-0.3, -0.25) is 19.7 Å². The van der Waals surface area contributed by atoms with Gasteiger partial charge >= 0.3 is 0 Å². The smallest absolute Gasteiger partial charge is 0.289 e. The Bertz CT molecular complexity index is 1710. The van der Waals surface area contributed by atoms with E-state index in [4.69, 9.17) is 16.0 Å². The van der Waals surface area contributed by atoms with E-state index in [1.54, 1.807) is 35.2 Å². The van der Waals surface area contributed by atoms with Crippen molar-refractivity contribution in [2.24, 2.45) is 0 Å². The number of para-hydroxylation sites is 1. The fourth-order valence-electron chi connectivity index (χ4n) is 4.72. The summed E-state index contributed by atoms with van der Waals surface area (Å²) >= 11 is 7.40. The van der Waals surface area contributed by atoms with Gasteiger partial charge in [0.15, 0.2) is 5.76 Å². The molecule has 0 spiro atoms. The average molecular weight is 561 g/mol. The van der Waals surface area contributed by atoms with Gasteiger partial charge in [-0.15, -0.1) is 11.3 Å². The lowest BCUT2D eigenvalue weighted by Gasteiger charge is -2.35. The predicted molar refractivity (Wildman–Crippen MR) is 152 cm³/mol. The van der Waals surface area contributed by atoms with Gasteiger partial charge in [0.25, 0.3) is 17.5 Å². The lowest BCUT2D eigenvalue weighted by atomic mass is 10.2. The van der Waals surface area contributed by atoms with Crippen LogP contribution in [0.25, 0.3) is 21.1 Å². The molecule has 5 aromatic rings. The summed E-state index contributed by atoms with van der Waals surface area (Å²) in [5.41, 5.74) is 2.16. The number of nitro groups is 1. The molecule has 1 N–H and O–H groups in total. The molecule has 0 radical (unpaired) electrons. The van der Waals surface area contributed by atoms with Crippen LogP contribution in [0.1, 0.15) is 20.2 Å². The number of benzene rings is 3. The molecule has 3 aromatic carbocycles. The number of amides is 2. The number of furan rings is 1. The minimum Gasteiger partial charge on any atom is -0.451 e. The molecular formula is C28H21ClN4O5S. The molecular weight excluding hydrogens is 540 g/mol. The van der Waals surface area contributed by atoms with Crippen molar-refractivity contribution in [3.05, 3.63) is 98.6 Å². The van der Waals surface area contributed by atoms with Crippen LogP contribution in [0.3, 0.4) is 0 Å². The number of non-ortho nitro benzene ring substituents is 1. The summed E-state index contributed by atoms with van der Waals surface area (Å²) in [7, 11) is 0. The summed E-state index contributed by atoms with van der Waals surface area (Å²) in [4.78, 5) is 40.9. The Kier molecular flexibility index (Phi) is 6.41. The number of piperazine rings is 1. The van der Waals surface area contributed by atoms with Gasteiger partial charge in [-0.25, -0.2) is 0 Å². The largest absolute Gasteiger partial charge is 0.451 e. The molecule has 0 saturated carbocycles. The molecule has 0 unspecified atom stereocenters. The number of carbonyl (C=O) groups excluding carboxylic acids is 2. The lowest BCUT2D eigenvalue weighted by molar-refractivity contribution is -0.382. The van der Waals surface area contributed by atoms with E-state index in [2.05, 4.69) is 10.2 Å². The normalized spacial score (nSPS) is 13.7. The minimum atomic E-state index is -0.482. The van der Waals surface area contributed by atoms with Crippen LogP contribution in [0.5, 0.6) is 0 Å². The van der Waals surface area contributed by atoms with Crippen LogP contribution >= 0.6 is 22.9 Å². The third kappa shape index (κ3) is 4.68. The van der Waals surface area contributed by atoms with Gasteiger partial charge in [0.05, 0.1) is 9.95 Å². The molecule has 196 valence electrons. The van der Waals surface area contributed by atoms with Crippen molar-refractivity contribution in [1.82, 2.24) is 4.90 Å². The standard InChI is InChI=1S/C28H21ClN4O5S/c29-24-20-5-3-6-21(33(36)37)25(20)39-26(24)27(34)30-18-8-10-19(11-9-18)31-12-14-32(15-13-31)28(35)23-16-17-4-1-2-7-22(17)38-23/h1-11,16H,12-15H2,(H,30,34). The zero-order chi connectivity index (χ0) is 27.1. The van der Waals surface area contributed by atoms with Gasteiger partial charge in [-0.1, -0.05) is 41.9 Å². The zero-order valence-corrected chi connectivity index (χ0v) is 22.0. The highest BCUT2D eigenvalue weighted by Crippen LogP contribution is 2.40. The zero-order valence-electron chi connectivity index (χ0n) is 20.4. The molecule has 2 aromatic heterocycles. The summed E-state index contributed by atoms with van der Waals surface area (Å²) < 4.78 is 6.10. The Morgan fingerprint density at radius 1 is 0.974 bits per heavy atom. The maximum Gasteiger partial charge on any atom is 0.289 e. The second kappa shape index (κ2) is 10.0. The molecule has 0 aliphatic carbocycles. The number of hydrogen-bond acceptors (Lipinski definition) is 7. The van der Waals surface area contributed by atoms with E-state index < -0.39 is 10.8 Å². The Morgan fingerprint density at radius 2 is 1.72 bits per heavy atom. The molecule has 39 heavy (non-hydrogen) atoms. The summed E-state index contributed by atoms with van der Waals surface area (Å²) in [6.45, 7) is 2.44. The SMILES string of the molecule is O=C(Nc1ccc(N2CCN(C(=O)c3cc4ccccc4o3)CC2)cc1)c1sc2c([N+](=O)[O-])cccc2c1Cl. The van der Waals surface area contributed by atoms with Gasteiger partial charge in [-0.05, 0) is 36.4 Å². The van der Waals surface area contributed by atoms with Crippen LogP contribution in [0, 0.1) is 10.1 Å². The molecule has 1 aliphatic rings. The molecule has 2 amide bonds. The first-order valence-corrected chi connectivity index (χ1v) is 13.4. The monoisotopic (exact) mass is 560 g/mol. The van der Waals surface area contributed by atoms with Crippen molar-refractivity contribution >= 4 is 72.9 Å². The maximum atomic E-state index is 12.9. The van der Waals surface area contributed by atoms with Gasteiger partial charge in [-0.2, -0.15) is 0 Å². The van der Waals surface area contributed by atoms with E-state index in [0.717, 1.165) is 22.4 Å². The second-order valence-electron chi connectivity index (χ2n) is 9.08. The number of carbonyl (C=O) groups is 2. The van der Waals surface area contributed by atoms with E-state index in [0.29, 0.717) is 53.3 Å². The number of anilines is 2. The summed E-state index contributed by atoms with van der Waals surface area (Å²) in [6.07, 6.45) is 0. The Labute approximate surface area is 231 Å². The number of halogens is 1. The number of nitro benzene ring substituents is 1. The van der Waals surface area contributed by atoms with Crippen LogP contribution in [0.2, 0.25) is 5.02 Å². The fourth-order valence-corrected chi connectivity index (χ4v) is 6.21. The molecule has 0 bridgehead atoms. The first-order chi connectivity index (χ1) is 18.9. The van der Waals surface area contributed by atoms with E-state index >= 15 is 0 Å². The molecule has 3 heterocycles. The van der Waals surface area contributed by atoms with Crippen LogP contribution in [-0.4, -0.2) is 47.8 Å². The van der Waals surface area contributed by atoms with Crippen molar-refractivity contribution in [1.29, 1.82) is 0 Å². The van der Waals surface area contributed by atoms with Crippen molar-refractivity contribution in [3.8, 4) is 0 Å². The number of rotatable bonds is 5. The number of hydrogen-bond donors (Lipinski definition) is 1. The van der Waals surface area contributed by atoms with E-state index in [-0.39, 0.29) is 21.5 Å². The summed E-state index contributed by atoms with van der Waals surface area (Å²) in [6, 6.07) is 21.3. The van der Waals surface area contributed by atoms with Crippen molar-refractivity contribution < 1.29 is 18.9 Å². The third-order valence-corrected chi connectivity index (χ3v) is 8.46. The highest BCUT2D eigenvalue weighted by atomic mass is 35.5. The van der Waals surface area contributed by atoms with Crippen LogP contribution < -0.4 is 10.2 Å². The van der Waals surface area contributed by atoms with Crippen molar-refractivity contribution in [2.75, 3.05) is 36.4 Å². The topological polar surface area (TPSA) is 109 Å². The third-order valence-electron chi connectivity index (χ3n) is 6.73. The molecule has 11 heteroatoms. The Morgan fingerprint density at radius 3 is 2.44 bits per heavy atom. The van der Waals surface area contributed by atoms with Crippen molar-refractivity contribution in [3.63, 3.8) is 0 Å². The second-order valence-corrected chi connectivity index (χ2v) is 10.5. The number of thiophene rings is 1. The molecule has 1 fully saturated rings. The molecule has 1 saturated heterocycles. The van der Waals surface area contributed by atoms with Gasteiger partial charge in [0, 0.05) is 54.4 Å². The van der Waals surface area contributed by atoms with Crippen LogP contribution in [0.4, 0.5) is 17.1 Å². The minimum absolute atomic E-state index is 0.0813. The highest BCUT2D eigenvalue weighted by molar-refractivity contribution is 7.22. The van der Waals surface area contributed by atoms with E-state index in [1.165, 1.54) is 6.07 Å². The Balaban J connectivity index is 1.10. The lowest BCUT2D eigenvalue weighted by Crippen LogP contribution is -2.48. The van der Waals surface area contributed by atoms with Crippen LogP contribution in [0.15, 0.2) is 77.2 Å². The molecule has 6 rings (SSSR count). The molecule has 9 nitrogen and oxygen atoms in total. The summed E-state index contributed by atoms with van der Waals surface area (Å²) in [5.74, 6) is -0.201. The maximum absolute atomic E-state index is 12.9. The number of fused-ring (bicyclic) bond motifs is 2. The molecule has 1 aliphatic heterocycles.